The second kappa shape index (κ2) is 8.39. The molecule has 0 unspecified atom stereocenters. The van der Waals surface area contributed by atoms with E-state index in [4.69, 9.17) is 0 Å². The predicted octanol–water partition coefficient (Wildman–Crippen LogP) is 3.53. The molecule has 2 aromatic carbocycles. The first-order chi connectivity index (χ1) is 14.1. The highest BCUT2D eigenvalue weighted by Crippen LogP contribution is 2.23. The summed E-state index contributed by atoms with van der Waals surface area (Å²) in [7, 11) is 0. The molecule has 1 atom stereocenters. The van der Waals surface area contributed by atoms with Crippen molar-refractivity contribution < 1.29 is 9.18 Å². The zero-order valence-corrected chi connectivity index (χ0v) is 16.3. The van der Waals surface area contributed by atoms with Crippen molar-refractivity contribution in [2.45, 2.75) is 25.8 Å². The van der Waals surface area contributed by atoms with Gasteiger partial charge in [-0.2, -0.15) is 0 Å². The van der Waals surface area contributed by atoms with Gasteiger partial charge in [0.15, 0.2) is 5.82 Å². The van der Waals surface area contributed by atoms with E-state index in [1.807, 2.05) is 37.3 Å². The molecule has 0 aliphatic carbocycles. The lowest BCUT2D eigenvalue weighted by Gasteiger charge is -2.18. The molecule has 3 aromatic rings. The molecule has 5 nitrogen and oxygen atoms in total. The average molecular weight is 390 g/mol. The molecule has 1 aliphatic rings. The maximum Gasteiger partial charge on any atom is 0.224 e. The van der Waals surface area contributed by atoms with Crippen LogP contribution in [0.15, 0.2) is 60.7 Å². The minimum atomic E-state index is -0.313. The van der Waals surface area contributed by atoms with Gasteiger partial charge in [0.25, 0.3) is 0 Å². The number of rotatable bonds is 5. The normalized spacial score (nSPS) is 16.1. The van der Waals surface area contributed by atoms with Crippen LogP contribution in [0.25, 0.3) is 11.3 Å². The highest BCUT2D eigenvalue weighted by molar-refractivity contribution is 5.79. The van der Waals surface area contributed by atoms with E-state index >= 15 is 0 Å². The first-order valence-corrected chi connectivity index (χ1v) is 9.77. The number of anilines is 1. The standard InChI is InChI=1S/C23H23FN4O/c1-16-6-2-3-7-17(16)14-23(29)25-18-12-13-28(15-18)22-11-10-21(26-27-22)19-8-4-5-9-20(19)24/h2-11,18H,12-15H2,1H3,(H,25,29)/t18-/m1/s1. The zero-order valence-electron chi connectivity index (χ0n) is 16.3. The van der Waals surface area contributed by atoms with E-state index in [0.717, 1.165) is 29.9 Å². The zero-order chi connectivity index (χ0) is 20.2. The van der Waals surface area contributed by atoms with Crippen molar-refractivity contribution in [3.8, 4) is 11.3 Å². The highest BCUT2D eigenvalue weighted by atomic mass is 19.1. The largest absolute Gasteiger partial charge is 0.353 e. The van der Waals surface area contributed by atoms with Crippen LogP contribution in [0.2, 0.25) is 0 Å². The Morgan fingerprint density at radius 2 is 1.90 bits per heavy atom. The van der Waals surface area contributed by atoms with E-state index in [0.29, 0.717) is 24.2 Å². The SMILES string of the molecule is Cc1ccccc1CC(=O)N[C@@H]1CCN(c2ccc(-c3ccccc3F)nn2)C1. The molecule has 1 amide bonds. The van der Waals surface area contributed by atoms with E-state index in [9.17, 15) is 9.18 Å². The fraction of sp³-hybridized carbons (Fsp3) is 0.261. The molecule has 0 radical (unpaired) electrons. The second-order valence-corrected chi connectivity index (χ2v) is 7.36. The van der Waals surface area contributed by atoms with Gasteiger partial charge < -0.3 is 10.2 Å². The van der Waals surface area contributed by atoms with E-state index < -0.39 is 0 Å². The van der Waals surface area contributed by atoms with Gasteiger partial charge in [0.05, 0.1) is 12.1 Å². The Hall–Kier alpha value is -3.28. The Morgan fingerprint density at radius 3 is 2.66 bits per heavy atom. The molecule has 4 rings (SSSR count). The number of hydrogen-bond donors (Lipinski definition) is 1. The summed E-state index contributed by atoms with van der Waals surface area (Å²) in [4.78, 5) is 14.5. The summed E-state index contributed by atoms with van der Waals surface area (Å²) in [6.45, 7) is 3.50. The van der Waals surface area contributed by atoms with Crippen LogP contribution in [-0.2, 0) is 11.2 Å². The number of aromatic nitrogens is 2. The monoisotopic (exact) mass is 390 g/mol. The molecule has 1 saturated heterocycles. The molecule has 0 spiro atoms. The number of carbonyl (C=O) groups is 1. The van der Waals surface area contributed by atoms with Crippen molar-refractivity contribution in [2.75, 3.05) is 18.0 Å². The van der Waals surface area contributed by atoms with Gasteiger partial charge in [-0.25, -0.2) is 4.39 Å². The third-order valence-electron chi connectivity index (χ3n) is 5.29. The number of benzene rings is 2. The minimum Gasteiger partial charge on any atom is -0.353 e. The summed E-state index contributed by atoms with van der Waals surface area (Å²) in [6.07, 6.45) is 1.25. The number of halogens is 1. The van der Waals surface area contributed by atoms with Crippen molar-refractivity contribution in [1.29, 1.82) is 0 Å². The van der Waals surface area contributed by atoms with E-state index in [1.54, 1.807) is 24.3 Å². The van der Waals surface area contributed by atoms with Crippen molar-refractivity contribution in [3.63, 3.8) is 0 Å². The van der Waals surface area contributed by atoms with Gasteiger partial charge >= 0.3 is 0 Å². The predicted molar refractivity (Wildman–Crippen MR) is 111 cm³/mol. The third kappa shape index (κ3) is 4.42. The molecule has 29 heavy (non-hydrogen) atoms. The Bertz CT molecular complexity index is 1010. The van der Waals surface area contributed by atoms with Crippen LogP contribution in [0.4, 0.5) is 10.2 Å². The lowest BCUT2D eigenvalue weighted by molar-refractivity contribution is -0.121. The number of nitrogens with one attached hydrogen (secondary N) is 1. The van der Waals surface area contributed by atoms with Crippen LogP contribution in [0.3, 0.4) is 0 Å². The van der Waals surface area contributed by atoms with Crippen molar-refractivity contribution >= 4 is 11.7 Å². The van der Waals surface area contributed by atoms with E-state index in [2.05, 4.69) is 20.4 Å². The van der Waals surface area contributed by atoms with Gasteiger partial charge in [0.2, 0.25) is 5.91 Å². The van der Waals surface area contributed by atoms with Crippen LogP contribution >= 0.6 is 0 Å². The molecule has 6 heteroatoms. The van der Waals surface area contributed by atoms with Crippen LogP contribution in [0.5, 0.6) is 0 Å². The maximum atomic E-state index is 13.9. The lowest BCUT2D eigenvalue weighted by Crippen LogP contribution is -2.38. The second-order valence-electron chi connectivity index (χ2n) is 7.36. The summed E-state index contributed by atoms with van der Waals surface area (Å²) < 4.78 is 13.9. The van der Waals surface area contributed by atoms with Gasteiger partial charge in [0.1, 0.15) is 5.82 Å². The summed E-state index contributed by atoms with van der Waals surface area (Å²) >= 11 is 0. The fourth-order valence-electron chi connectivity index (χ4n) is 3.65. The number of carbonyl (C=O) groups excluding carboxylic acids is 1. The summed E-state index contributed by atoms with van der Waals surface area (Å²) in [5.41, 5.74) is 3.12. The van der Waals surface area contributed by atoms with E-state index in [1.165, 1.54) is 6.07 Å². The van der Waals surface area contributed by atoms with Crippen LogP contribution < -0.4 is 10.2 Å². The molecule has 2 heterocycles. The quantitative estimate of drug-likeness (QED) is 0.724. The molecule has 0 bridgehead atoms. The first-order valence-electron chi connectivity index (χ1n) is 9.77. The minimum absolute atomic E-state index is 0.0344. The van der Waals surface area contributed by atoms with Crippen molar-refractivity contribution in [1.82, 2.24) is 15.5 Å². The Labute approximate surface area is 169 Å². The van der Waals surface area contributed by atoms with Gasteiger partial charge in [-0.15, -0.1) is 10.2 Å². The highest BCUT2D eigenvalue weighted by Gasteiger charge is 2.25. The first kappa shape index (κ1) is 19.1. The van der Waals surface area contributed by atoms with Crippen LogP contribution in [0, 0.1) is 12.7 Å². The third-order valence-corrected chi connectivity index (χ3v) is 5.29. The number of hydrogen-bond acceptors (Lipinski definition) is 4. The van der Waals surface area contributed by atoms with Gasteiger partial charge in [-0.1, -0.05) is 36.4 Å². The van der Waals surface area contributed by atoms with Crippen molar-refractivity contribution in [2.24, 2.45) is 0 Å². The summed E-state index contributed by atoms with van der Waals surface area (Å²) in [5, 5.41) is 11.6. The van der Waals surface area contributed by atoms with Crippen LogP contribution in [0.1, 0.15) is 17.5 Å². The molecule has 1 aromatic heterocycles. The number of nitrogens with zero attached hydrogens (tertiary/aromatic N) is 3. The molecular formula is C23H23FN4O. The molecule has 1 N–H and O–H groups in total. The lowest BCUT2D eigenvalue weighted by atomic mass is 10.1. The Balaban J connectivity index is 1.35. The smallest absolute Gasteiger partial charge is 0.224 e. The molecule has 148 valence electrons. The summed E-state index contributed by atoms with van der Waals surface area (Å²) in [6, 6.07) is 18.2. The van der Waals surface area contributed by atoms with Crippen LogP contribution in [-0.4, -0.2) is 35.2 Å². The van der Waals surface area contributed by atoms with Crippen molar-refractivity contribution in [3.05, 3.63) is 77.6 Å². The molecular weight excluding hydrogens is 367 g/mol. The molecule has 1 fully saturated rings. The number of amides is 1. The molecule has 1 aliphatic heterocycles. The van der Waals surface area contributed by atoms with Gasteiger partial charge in [-0.3, -0.25) is 4.79 Å². The van der Waals surface area contributed by atoms with Gasteiger partial charge in [-0.05, 0) is 48.7 Å². The van der Waals surface area contributed by atoms with Gasteiger partial charge in [0, 0.05) is 24.7 Å². The van der Waals surface area contributed by atoms with E-state index in [-0.39, 0.29) is 17.8 Å². The fourth-order valence-corrected chi connectivity index (χ4v) is 3.65. The maximum absolute atomic E-state index is 13.9. The Kier molecular flexibility index (Phi) is 5.51. The summed E-state index contributed by atoms with van der Waals surface area (Å²) in [5.74, 6) is 0.458. The Morgan fingerprint density at radius 1 is 1.10 bits per heavy atom. The topological polar surface area (TPSA) is 58.1 Å². The number of aryl methyl sites for hydroxylation is 1. The average Bonchev–Trinajstić information content (AvgIpc) is 3.19. The molecule has 0 saturated carbocycles.